The Morgan fingerprint density at radius 1 is 0.774 bits per heavy atom. The molecule has 4 N–H and O–H groups in total. The van der Waals surface area contributed by atoms with Crippen LogP contribution < -0.4 is 11.1 Å². The van der Waals surface area contributed by atoms with Crippen molar-refractivity contribution >= 4 is 11.9 Å². The van der Waals surface area contributed by atoms with Crippen LogP contribution in [0.5, 0.6) is 0 Å². The quantitative estimate of drug-likeness (QED) is 0.125. The Kier molecular flexibility index (Phi) is 22.3. The first-order valence-corrected chi connectivity index (χ1v) is 13.0. The van der Waals surface area contributed by atoms with Gasteiger partial charge in [0.25, 0.3) is 0 Å². The van der Waals surface area contributed by atoms with Crippen molar-refractivity contribution in [1.29, 1.82) is 0 Å². The van der Waals surface area contributed by atoms with Gasteiger partial charge in [0, 0.05) is 13.0 Å². The Balaban J connectivity index is 3.25. The van der Waals surface area contributed by atoms with Crippen LogP contribution in [-0.4, -0.2) is 29.6 Å². The summed E-state index contributed by atoms with van der Waals surface area (Å²) in [6, 6.07) is -0.789. The number of allylic oxidation sites excluding steroid dienone is 2. The maximum absolute atomic E-state index is 11.8. The fraction of sp³-hybridized carbons (Fsp3) is 0.846. The van der Waals surface area contributed by atoms with E-state index in [1.165, 1.54) is 83.5 Å². The van der Waals surface area contributed by atoms with Crippen LogP contribution in [0, 0.1) is 0 Å². The molecule has 0 rings (SSSR count). The van der Waals surface area contributed by atoms with E-state index in [0.717, 1.165) is 25.7 Å². The third-order valence-corrected chi connectivity index (χ3v) is 5.75. The number of rotatable bonds is 23. The highest BCUT2D eigenvalue weighted by Gasteiger charge is 2.10. The molecule has 0 heterocycles. The number of nitrogens with two attached hydrogens (primary N) is 1. The maximum atomic E-state index is 11.8. The molecule has 0 aromatic rings. The zero-order chi connectivity index (χ0) is 23.0. The summed E-state index contributed by atoms with van der Waals surface area (Å²) >= 11 is 0. The fourth-order valence-electron chi connectivity index (χ4n) is 3.64. The van der Waals surface area contributed by atoms with E-state index in [2.05, 4.69) is 24.4 Å². The van der Waals surface area contributed by atoms with Crippen LogP contribution in [0.25, 0.3) is 0 Å². The van der Waals surface area contributed by atoms with E-state index in [1.807, 2.05) is 0 Å². The Morgan fingerprint density at radius 3 is 1.84 bits per heavy atom. The van der Waals surface area contributed by atoms with Gasteiger partial charge in [0.1, 0.15) is 6.04 Å². The molecule has 0 unspecified atom stereocenters. The molecule has 0 aromatic heterocycles. The van der Waals surface area contributed by atoms with Gasteiger partial charge in [-0.05, 0) is 51.4 Å². The molecule has 0 aliphatic carbocycles. The summed E-state index contributed by atoms with van der Waals surface area (Å²) in [6.45, 7) is 2.87. The molecule has 0 saturated heterocycles. The smallest absolute Gasteiger partial charge is 0.320 e. The lowest BCUT2D eigenvalue weighted by Crippen LogP contribution is -2.30. The average molecular weight is 439 g/mol. The Bertz CT molecular complexity index is 452. The molecule has 0 bridgehead atoms. The van der Waals surface area contributed by atoms with Crippen molar-refractivity contribution in [1.82, 2.24) is 5.32 Å². The second kappa shape index (κ2) is 23.3. The van der Waals surface area contributed by atoms with Crippen molar-refractivity contribution < 1.29 is 14.7 Å². The Hall–Kier alpha value is -1.36. The van der Waals surface area contributed by atoms with Gasteiger partial charge in [0.15, 0.2) is 0 Å². The van der Waals surface area contributed by atoms with Crippen LogP contribution in [0.3, 0.4) is 0 Å². The second-order valence-corrected chi connectivity index (χ2v) is 8.83. The SMILES string of the molecule is CCCCCCC/C=C/CCCCCCCCCCC(=O)NCCCC[C@H](N)C(=O)O. The first-order chi connectivity index (χ1) is 15.1. The Labute approximate surface area is 191 Å². The van der Waals surface area contributed by atoms with Crippen molar-refractivity contribution in [3.8, 4) is 0 Å². The van der Waals surface area contributed by atoms with Crippen molar-refractivity contribution in [2.24, 2.45) is 5.73 Å². The predicted molar refractivity (Wildman–Crippen MR) is 131 cm³/mol. The van der Waals surface area contributed by atoms with Crippen molar-refractivity contribution in [2.45, 2.75) is 135 Å². The van der Waals surface area contributed by atoms with Gasteiger partial charge >= 0.3 is 5.97 Å². The zero-order valence-electron chi connectivity index (χ0n) is 20.2. The monoisotopic (exact) mass is 438 g/mol. The van der Waals surface area contributed by atoms with E-state index in [0.29, 0.717) is 19.4 Å². The van der Waals surface area contributed by atoms with Gasteiger partial charge in [-0.25, -0.2) is 0 Å². The highest BCUT2D eigenvalue weighted by molar-refractivity contribution is 5.75. The highest BCUT2D eigenvalue weighted by atomic mass is 16.4. The fourth-order valence-corrected chi connectivity index (χ4v) is 3.64. The summed E-state index contributed by atoms with van der Waals surface area (Å²) in [5.41, 5.74) is 5.45. The van der Waals surface area contributed by atoms with E-state index in [1.54, 1.807) is 0 Å². The topological polar surface area (TPSA) is 92.4 Å². The van der Waals surface area contributed by atoms with Crippen LogP contribution in [0.15, 0.2) is 12.2 Å². The van der Waals surface area contributed by atoms with Crippen LogP contribution in [0.2, 0.25) is 0 Å². The molecule has 0 aliphatic heterocycles. The standard InChI is InChI=1S/C26H50N2O3/c1-2-3-4-5-6-7-8-9-10-11-12-13-14-15-16-17-18-22-25(29)28-23-20-19-21-24(27)26(30)31/h8-9,24H,2-7,10-23,27H2,1H3,(H,28,29)(H,30,31)/b9-8+/t24-/m0/s1. The molecule has 0 aliphatic rings. The number of aliphatic carboxylic acids is 1. The molecule has 0 radical (unpaired) electrons. The molecule has 1 amide bonds. The number of amides is 1. The number of carbonyl (C=O) groups is 2. The summed E-state index contributed by atoms with van der Waals surface area (Å²) in [5, 5.41) is 11.6. The molecule has 182 valence electrons. The normalized spacial score (nSPS) is 12.3. The Morgan fingerprint density at radius 2 is 1.29 bits per heavy atom. The van der Waals surface area contributed by atoms with Crippen molar-refractivity contribution in [3.63, 3.8) is 0 Å². The largest absolute Gasteiger partial charge is 0.480 e. The summed E-state index contributed by atoms with van der Waals surface area (Å²) in [4.78, 5) is 22.4. The predicted octanol–water partition coefficient (Wildman–Crippen LogP) is 6.50. The summed E-state index contributed by atoms with van der Waals surface area (Å²) in [7, 11) is 0. The number of nitrogens with one attached hydrogen (secondary N) is 1. The van der Waals surface area contributed by atoms with Gasteiger partial charge in [0.05, 0.1) is 0 Å². The number of hydrogen-bond acceptors (Lipinski definition) is 3. The van der Waals surface area contributed by atoms with E-state index in [4.69, 9.17) is 10.8 Å². The van der Waals surface area contributed by atoms with Crippen LogP contribution in [0.1, 0.15) is 129 Å². The van der Waals surface area contributed by atoms with E-state index < -0.39 is 12.0 Å². The van der Waals surface area contributed by atoms with Crippen molar-refractivity contribution in [2.75, 3.05) is 6.54 Å². The average Bonchev–Trinajstić information content (AvgIpc) is 2.75. The van der Waals surface area contributed by atoms with Gasteiger partial charge in [-0.15, -0.1) is 0 Å². The molecule has 1 atom stereocenters. The van der Waals surface area contributed by atoms with Crippen LogP contribution in [-0.2, 0) is 9.59 Å². The van der Waals surface area contributed by atoms with Gasteiger partial charge in [0.2, 0.25) is 5.91 Å². The van der Waals surface area contributed by atoms with Gasteiger partial charge in [-0.2, -0.15) is 0 Å². The summed E-state index contributed by atoms with van der Waals surface area (Å²) in [6.07, 6.45) is 26.5. The minimum atomic E-state index is -0.958. The number of carboxylic acids is 1. The third-order valence-electron chi connectivity index (χ3n) is 5.75. The van der Waals surface area contributed by atoms with Gasteiger partial charge < -0.3 is 16.2 Å². The summed E-state index contributed by atoms with van der Waals surface area (Å²) < 4.78 is 0. The van der Waals surface area contributed by atoms with E-state index in [-0.39, 0.29) is 5.91 Å². The van der Waals surface area contributed by atoms with Gasteiger partial charge in [-0.1, -0.05) is 83.3 Å². The minimum Gasteiger partial charge on any atom is -0.480 e. The number of hydrogen-bond donors (Lipinski definition) is 3. The van der Waals surface area contributed by atoms with E-state index >= 15 is 0 Å². The number of carbonyl (C=O) groups excluding carboxylic acids is 1. The molecule has 0 spiro atoms. The molecular formula is C26H50N2O3. The molecule has 0 fully saturated rings. The van der Waals surface area contributed by atoms with E-state index in [9.17, 15) is 9.59 Å². The second-order valence-electron chi connectivity index (χ2n) is 8.83. The lowest BCUT2D eigenvalue weighted by atomic mass is 10.1. The van der Waals surface area contributed by atoms with Gasteiger partial charge in [-0.3, -0.25) is 9.59 Å². The van der Waals surface area contributed by atoms with Crippen molar-refractivity contribution in [3.05, 3.63) is 12.2 Å². The van der Waals surface area contributed by atoms with Crippen LogP contribution in [0.4, 0.5) is 0 Å². The minimum absolute atomic E-state index is 0.108. The highest BCUT2D eigenvalue weighted by Crippen LogP contribution is 2.11. The maximum Gasteiger partial charge on any atom is 0.320 e. The third kappa shape index (κ3) is 23.1. The molecule has 31 heavy (non-hydrogen) atoms. The molecule has 0 saturated carbocycles. The molecular weight excluding hydrogens is 388 g/mol. The lowest BCUT2D eigenvalue weighted by Gasteiger charge is -2.07. The lowest BCUT2D eigenvalue weighted by molar-refractivity contribution is -0.138. The molecule has 5 nitrogen and oxygen atoms in total. The summed E-state index contributed by atoms with van der Waals surface area (Å²) in [5.74, 6) is -0.850. The number of unbranched alkanes of at least 4 members (excludes halogenated alkanes) is 14. The molecule has 0 aromatic carbocycles. The zero-order valence-corrected chi connectivity index (χ0v) is 20.2. The first-order valence-electron chi connectivity index (χ1n) is 13.0. The number of carboxylic acid groups (broad SMARTS) is 1. The van der Waals surface area contributed by atoms with Crippen LogP contribution >= 0.6 is 0 Å². The molecule has 5 heteroatoms. The first kappa shape index (κ1) is 29.6.